The van der Waals surface area contributed by atoms with Gasteiger partial charge in [-0.1, -0.05) is 20.8 Å². The summed E-state index contributed by atoms with van der Waals surface area (Å²) in [5, 5.41) is 7.80. The van der Waals surface area contributed by atoms with Crippen LogP contribution in [-0.4, -0.2) is 52.1 Å². The molecule has 2 aliphatic heterocycles. The van der Waals surface area contributed by atoms with Crippen LogP contribution in [0, 0.1) is 11.8 Å². The minimum Gasteiger partial charge on any atom is -0.539 e. The molecule has 1 fully saturated rings. The second kappa shape index (κ2) is 10.6. The predicted molar refractivity (Wildman–Crippen MR) is 164 cm³/mol. The van der Waals surface area contributed by atoms with Gasteiger partial charge >= 0.3 is 5.97 Å². The van der Waals surface area contributed by atoms with Gasteiger partial charge in [-0.3, -0.25) is 24.6 Å². The maximum atomic E-state index is 13.5. The summed E-state index contributed by atoms with van der Waals surface area (Å²) in [7, 11) is 0.878. The van der Waals surface area contributed by atoms with Crippen molar-refractivity contribution in [1.29, 1.82) is 0 Å². The Balaban J connectivity index is 1.53. The molecule has 3 N–H and O–H groups in total. The molecule has 1 aliphatic carbocycles. The quantitative estimate of drug-likeness (QED) is 0.257. The summed E-state index contributed by atoms with van der Waals surface area (Å²) < 4.78 is 35.6. The van der Waals surface area contributed by atoms with Crippen molar-refractivity contribution in [3.63, 3.8) is 0 Å². The van der Waals surface area contributed by atoms with E-state index in [1.807, 2.05) is 24.3 Å². The van der Waals surface area contributed by atoms with Crippen molar-refractivity contribution in [1.82, 2.24) is 10.2 Å². The maximum Gasteiger partial charge on any atom is 0.310 e. The first kappa shape index (κ1) is 29.7. The number of cyclic esters (lactones) is 1. The Kier molecular flexibility index (Phi) is 7.18. The molecule has 0 spiro atoms. The van der Waals surface area contributed by atoms with Crippen LogP contribution in [0.2, 0.25) is 18.1 Å². The number of carbonyl (C=O) groups is 1. The first-order valence-corrected chi connectivity index (χ1v) is 17.4. The van der Waals surface area contributed by atoms with E-state index in [-0.39, 0.29) is 36.0 Å². The monoisotopic (exact) mass is 623 g/mol. The zero-order chi connectivity index (χ0) is 31.6. The maximum absolute atomic E-state index is 13.5. The highest BCUT2D eigenvalue weighted by molar-refractivity contribution is 6.74. The fourth-order valence-electron chi connectivity index (χ4n) is 6.03. The number of carbonyl (C=O) groups excluding carboxylic acids is 1. The summed E-state index contributed by atoms with van der Waals surface area (Å²) in [6, 6.07) is 8.16. The van der Waals surface area contributed by atoms with Gasteiger partial charge in [0.15, 0.2) is 28.7 Å². The Labute approximate surface area is 255 Å². The van der Waals surface area contributed by atoms with Gasteiger partial charge in [0, 0.05) is 17.9 Å². The Bertz CT molecular complexity index is 1720. The van der Waals surface area contributed by atoms with Gasteiger partial charge in [-0.2, -0.15) is 0 Å². The van der Waals surface area contributed by atoms with Gasteiger partial charge < -0.3 is 33.4 Å². The van der Waals surface area contributed by atoms with E-state index in [4.69, 9.17) is 28.1 Å². The van der Waals surface area contributed by atoms with Crippen molar-refractivity contribution in [2.75, 3.05) is 32.9 Å². The molecular formula is C31H37N3O9Si. The molecular weight excluding hydrogens is 586 g/mol. The number of aromatic amines is 2. The van der Waals surface area contributed by atoms with E-state index in [2.05, 4.69) is 49.4 Å². The molecule has 6 rings (SSSR count). The zero-order valence-electron chi connectivity index (χ0n) is 25.8. The SMILES string of the molecule is COc1cc([C@@H]2c3cc4c(cc3[C@@H](Nc3cc(=O)[nH][nH]c3=O)[C@H]3COC(=O)[C@H]23)OCO4)cc(OC)c1O[Si](C)(C)C(C)(C)C. The van der Waals surface area contributed by atoms with Gasteiger partial charge in [0.25, 0.3) is 19.4 Å². The summed E-state index contributed by atoms with van der Waals surface area (Å²) in [4.78, 5) is 38.2. The number of nitrogens with one attached hydrogen (secondary N) is 3. The highest BCUT2D eigenvalue weighted by atomic mass is 28.4. The first-order chi connectivity index (χ1) is 20.8. The van der Waals surface area contributed by atoms with E-state index < -0.39 is 37.3 Å². The van der Waals surface area contributed by atoms with Crippen LogP contribution in [0.4, 0.5) is 5.69 Å². The summed E-state index contributed by atoms with van der Waals surface area (Å²) in [6.07, 6.45) is 0. The van der Waals surface area contributed by atoms with Crippen molar-refractivity contribution < 1.29 is 32.9 Å². The van der Waals surface area contributed by atoms with E-state index in [1.54, 1.807) is 14.2 Å². The number of rotatable bonds is 7. The lowest BCUT2D eigenvalue weighted by Gasteiger charge is -2.40. The molecule has 3 aliphatic rings. The van der Waals surface area contributed by atoms with Gasteiger partial charge in [0.2, 0.25) is 6.79 Å². The molecule has 1 saturated heterocycles. The van der Waals surface area contributed by atoms with Crippen molar-refractivity contribution in [2.45, 2.75) is 50.9 Å². The number of H-pyrrole nitrogens is 2. The number of methoxy groups -OCH3 is 2. The molecule has 1 aromatic heterocycles. The highest BCUT2D eigenvalue weighted by Crippen LogP contribution is 2.56. The van der Waals surface area contributed by atoms with E-state index >= 15 is 0 Å². The lowest BCUT2D eigenvalue weighted by atomic mass is 9.65. The van der Waals surface area contributed by atoms with E-state index in [1.165, 1.54) is 6.07 Å². The average Bonchev–Trinajstić information content (AvgIpc) is 3.59. The summed E-state index contributed by atoms with van der Waals surface area (Å²) in [5.41, 5.74) is 1.45. The minimum absolute atomic E-state index is 0.0603. The Morgan fingerprint density at radius 1 is 0.886 bits per heavy atom. The van der Waals surface area contributed by atoms with E-state index in [9.17, 15) is 14.4 Å². The van der Waals surface area contributed by atoms with Gasteiger partial charge in [0.1, 0.15) is 5.69 Å². The Hall–Kier alpha value is -4.39. The number of esters is 1. The second-order valence-corrected chi connectivity index (χ2v) is 17.6. The number of fused-ring (bicyclic) bond motifs is 3. The fourth-order valence-corrected chi connectivity index (χ4v) is 7.05. The molecule has 0 saturated carbocycles. The number of hydrogen-bond donors (Lipinski definition) is 3. The van der Waals surface area contributed by atoms with E-state index in [0.29, 0.717) is 28.7 Å². The predicted octanol–water partition coefficient (Wildman–Crippen LogP) is 4.28. The van der Waals surface area contributed by atoms with Crippen LogP contribution in [0.1, 0.15) is 49.4 Å². The molecule has 234 valence electrons. The first-order valence-electron chi connectivity index (χ1n) is 14.5. The molecule has 44 heavy (non-hydrogen) atoms. The normalized spacial score (nSPS) is 22.1. The van der Waals surface area contributed by atoms with Crippen LogP contribution in [0.5, 0.6) is 28.7 Å². The fraction of sp³-hybridized carbons (Fsp3) is 0.452. The Morgan fingerprint density at radius 2 is 1.52 bits per heavy atom. The third kappa shape index (κ3) is 4.88. The van der Waals surface area contributed by atoms with E-state index in [0.717, 1.165) is 16.7 Å². The summed E-state index contributed by atoms with van der Waals surface area (Å²) in [5.74, 6) is 0.714. The lowest BCUT2D eigenvalue weighted by molar-refractivity contribution is -0.141. The number of benzene rings is 2. The number of ether oxygens (including phenoxy) is 5. The van der Waals surface area contributed by atoms with Crippen LogP contribution in [0.25, 0.3) is 0 Å². The molecule has 0 unspecified atom stereocenters. The molecule has 0 bridgehead atoms. The van der Waals surface area contributed by atoms with Crippen molar-refractivity contribution >= 4 is 20.0 Å². The topological polar surface area (TPSA) is 150 Å². The second-order valence-electron chi connectivity index (χ2n) is 12.9. The van der Waals surface area contributed by atoms with Crippen LogP contribution >= 0.6 is 0 Å². The lowest BCUT2D eigenvalue weighted by Crippen LogP contribution is -2.44. The average molecular weight is 624 g/mol. The number of aromatic nitrogens is 2. The molecule has 12 nitrogen and oxygen atoms in total. The molecule has 13 heteroatoms. The van der Waals surface area contributed by atoms with Crippen molar-refractivity contribution in [3.8, 4) is 28.7 Å². The number of anilines is 1. The largest absolute Gasteiger partial charge is 0.539 e. The third-order valence-corrected chi connectivity index (χ3v) is 13.6. The van der Waals surface area contributed by atoms with Gasteiger partial charge in [-0.05, 0) is 59.1 Å². The van der Waals surface area contributed by atoms with Gasteiger partial charge in [-0.25, -0.2) is 0 Å². The number of hydrogen-bond acceptors (Lipinski definition) is 10. The van der Waals surface area contributed by atoms with Crippen LogP contribution < -0.4 is 39.8 Å². The van der Waals surface area contributed by atoms with Gasteiger partial charge in [0.05, 0.1) is 32.8 Å². The molecule has 2 aromatic carbocycles. The molecule has 4 atom stereocenters. The minimum atomic E-state index is -2.28. The standard InChI is InChI=1S/C31H37N3O9Si/c1-31(2,3)44(6,7)43-28-22(38-4)8-15(9-23(28)39-5)25-16-10-20-21(42-14-41-20)11-17(16)27(18-13-40-30(37)26(18)25)32-19-12-24(35)33-34-29(19)36/h8-12,18,25-27H,13-14H2,1-7H3,(H,34,36)(H2,32,33,35)/t18-,25+,26-,27+/m0/s1. The van der Waals surface area contributed by atoms with Crippen LogP contribution in [0.15, 0.2) is 39.9 Å². The molecule has 3 aromatic rings. The van der Waals surface area contributed by atoms with Crippen molar-refractivity contribution in [3.05, 3.63) is 67.7 Å². The Morgan fingerprint density at radius 3 is 2.14 bits per heavy atom. The highest BCUT2D eigenvalue weighted by Gasteiger charge is 2.53. The molecule has 0 amide bonds. The molecule has 3 heterocycles. The van der Waals surface area contributed by atoms with Crippen LogP contribution in [0.3, 0.4) is 0 Å². The molecule has 0 radical (unpaired) electrons. The summed E-state index contributed by atoms with van der Waals surface area (Å²) in [6.45, 7) is 11.0. The van der Waals surface area contributed by atoms with Gasteiger partial charge in [-0.15, -0.1) is 0 Å². The zero-order valence-corrected chi connectivity index (χ0v) is 26.8. The third-order valence-electron chi connectivity index (χ3n) is 9.32. The van der Waals surface area contributed by atoms with Crippen molar-refractivity contribution in [2.24, 2.45) is 11.8 Å². The summed E-state index contributed by atoms with van der Waals surface area (Å²) >= 11 is 0. The smallest absolute Gasteiger partial charge is 0.310 e. The van der Waals surface area contributed by atoms with Crippen LogP contribution in [-0.2, 0) is 9.53 Å².